The number of unbranched alkanes of at least 4 members (excludes halogenated alkanes) is 1. The monoisotopic (exact) mass is 384 g/mol. The Kier molecular flexibility index (Phi) is 6.78. The summed E-state index contributed by atoms with van der Waals surface area (Å²) in [7, 11) is 0. The highest BCUT2D eigenvalue weighted by Crippen LogP contribution is 2.29. The van der Waals surface area contributed by atoms with Gasteiger partial charge in [-0.3, -0.25) is 4.79 Å². The molecular weight excluding hydrogens is 356 g/mol. The first kappa shape index (κ1) is 20.0. The summed E-state index contributed by atoms with van der Waals surface area (Å²) in [5.41, 5.74) is 14.1. The summed E-state index contributed by atoms with van der Waals surface area (Å²) in [6.45, 7) is 4.77. The highest BCUT2D eigenvalue weighted by atomic mass is 16.5. The van der Waals surface area contributed by atoms with Gasteiger partial charge in [0.15, 0.2) is 5.82 Å². The number of hydrogen-bond acceptors (Lipinski definition) is 6. The van der Waals surface area contributed by atoms with Crippen LogP contribution in [0.15, 0.2) is 24.3 Å². The number of aryl methyl sites for hydroxylation is 1. The van der Waals surface area contributed by atoms with E-state index in [2.05, 4.69) is 14.9 Å². The third-order valence-corrected chi connectivity index (χ3v) is 4.63. The van der Waals surface area contributed by atoms with Crippen LogP contribution in [0.25, 0.3) is 21.9 Å². The van der Waals surface area contributed by atoms with Crippen molar-refractivity contribution in [2.45, 2.75) is 39.3 Å². The van der Waals surface area contributed by atoms with E-state index in [1.807, 2.05) is 31.2 Å². The third-order valence-electron chi connectivity index (χ3n) is 4.63. The normalized spacial score (nSPS) is 11.4. The van der Waals surface area contributed by atoms with E-state index in [0.29, 0.717) is 44.1 Å². The number of nitrogens with zero attached hydrogens (tertiary/aromatic N) is 3. The standard InChI is InChI=1S/C20H28N6O2/c1-2-28-13-16-25-18-19(14-7-3-4-8-15(14)24-20(18)22)26(16)12-6-5-11-23-17(27)9-10-21/h3-4,7-8H,2,5-6,9-13,21H2,1H3,(H2,22,24)(H,23,27). The summed E-state index contributed by atoms with van der Waals surface area (Å²) in [5, 5.41) is 3.92. The van der Waals surface area contributed by atoms with Crippen molar-refractivity contribution in [2.75, 3.05) is 25.4 Å². The number of nitrogens with one attached hydrogen (secondary N) is 1. The third kappa shape index (κ3) is 4.40. The molecule has 3 rings (SSSR count). The van der Waals surface area contributed by atoms with Gasteiger partial charge in [-0.15, -0.1) is 0 Å². The van der Waals surface area contributed by atoms with Crippen LogP contribution in [0.4, 0.5) is 5.82 Å². The van der Waals surface area contributed by atoms with Crippen molar-refractivity contribution in [1.29, 1.82) is 0 Å². The Balaban J connectivity index is 1.85. The number of hydrogen-bond donors (Lipinski definition) is 3. The van der Waals surface area contributed by atoms with Crippen LogP contribution in [0.3, 0.4) is 0 Å². The molecule has 0 aliphatic carbocycles. The van der Waals surface area contributed by atoms with Gasteiger partial charge in [-0.1, -0.05) is 18.2 Å². The fourth-order valence-corrected chi connectivity index (χ4v) is 3.29. The molecule has 5 N–H and O–H groups in total. The number of benzene rings is 1. The minimum absolute atomic E-state index is 0.00235. The molecule has 0 aliphatic heterocycles. The largest absolute Gasteiger partial charge is 0.382 e. The Bertz CT molecular complexity index is 953. The van der Waals surface area contributed by atoms with Gasteiger partial charge < -0.3 is 26.1 Å². The summed E-state index contributed by atoms with van der Waals surface area (Å²) in [5.74, 6) is 1.27. The second-order valence-corrected chi connectivity index (χ2v) is 6.62. The molecule has 0 unspecified atom stereocenters. The number of ether oxygens (including phenoxy) is 1. The van der Waals surface area contributed by atoms with Crippen LogP contribution >= 0.6 is 0 Å². The van der Waals surface area contributed by atoms with Crippen molar-refractivity contribution in [1.82, 2.24) is 19.9 Å². The van der Waals surface area contributed by atoms with Gasteiger partial charge in [-0.05, 0) is 25.8 Å². The molecule has 8 nitrogen and oxygen atoms in total. The van der Waals surface area contributed by atoms with Crippen molar-refractivity contribution < 1.29 is 9.53 Å². The number of imidazole rings is 1. The van der Waals surface area contributed by atoms with Crippen LogP contribution in [0.2, 0.25) is 0 Å². The fraction of sp³-hybridized carbons (Fsp3) is 0.450. The number of rotatable bonds is 10. The number of nitrogen functional groups attached to an aromatic ring is 1. The van der Waals surface area contributed by atoms with E-state index in [0.717, 1.165) is 41.6 Å². The molecule has 0 spiro atoms. The molecule has 2 heterocycles. The first-order chi connectivity index (χ1) is 13.7. The van der Waals surface area contributed by atoms with E-state index < -0.39 is 0 Å². The van der Waals surface area contributed by atoms with Gasteiger partial charge >= 0.3 is 0 Å². The summed E-state index contributed by atoms with van der Waals surface area (Å²) in [6.07, 6.45) is 2.12. The van der Waals surface area contributed by atoms with E-state index in [4.69, 9.17) is 21.2 Å². The Morgan fingerprint density at radius 3 is 2.86 bits per heavy atom. The van der Waals surface area contributed by atoms with Crippen LogP contribution in [0.1, 0.15) is 32.0 Å². The lowest BCUT2D eigenvalue weighted by molar-refractivity contribution is -0.120. The van der Waals surface area contributed by atoms with Gasteiger partial charge in [0.05, 0.1) is 11.0 Å². The van der Waals surface area contributed by atoms with Crippen molar-refractivity contribution in [3.8, 4) is 0 Å². The van der Waals surface area contributed by atoms with Crippen LogP contribution in [0.5, 0.6) is 0 Å². The molecular formula is C20H28N6O2. The highest BCUT2D eigenvalue weighted by molar-refractivity contribution is 6.06. The van der Waals surface area contributed by atoms with Crippen molar-refractivity contribution >= 4 is 33.7 Å². The molecule has 0 saturated heterocycles. The van der Waals surface area contributed by atoms with Crippen molar-refractivity contribution in [2.24, 2.45) is 5.73 Å². The molecule has 28 heavy (non-hydrogen) atoms. The molecule has 3 aromatic rings. The van der Waals surface area contributed by atoms with Gasteiger partial charge in [0, 0.05) is 38.0 Å². The predicted octanol–water partition coefficient (Wildman–Crippen LogP) is 1.95. The average Bonchev–Trinajstić information content (AvgIpc) is 3.06. The first-order valence-corrected chi connectivity index (χ1v) is 9.73. The maximum absolute atomic E-state index is 11.5. The van der Waals surface area contributed by atoms with E-state index in [-0.39, 0.29) is 5.91 Å². The molecule has 0 atom stereocenters. The van der Waals surface area contributed by atoms with Crippen LogP contribution in [-0.2, 0) is 22.7 Å². The second kappa shape index (κ2) is 9.48. The minimum atomic E-state index is -0.00235. The summed E-state index contributed by atoms with van der Waals surface area (Å²) >= 11 is 0. The summed E-state index contributed by atoms with van der Waals surface area (Å²) < 4.78 is 7.79. The Morgan fingerprint density at radius 1 is 1.25 bits per heavy atom. The van der Waals surface area contributed by atoms with Crippen molar-refractivity contribution in [3.63, 3.8) is 0 Å². The molecule has 0 radical (unpaired) electrons. The lowest BCUT2D eigenvalue weighted by Gasteiger charge is -2.11. The number of amides is 1. The lowest BCUT2D eigenvalue weighted by Crippen LogP contribution is -2.26. The Morgan fingerprint density at radius 2 is 2.07 bits per heavy atom. The molecule has 1 amide bonds. The van der Waals surface area contributed by atoms with E-state index in [1.165, 1.54) is 0 Å². The number of aromatic nitrogens is 3. The summed E-state index contributed by atoms with van der Waals surface area (Å²) in [4.78, 5) is 20.7. The maximum Gasteiger partial charge on any atom is 0.221 e. The van der Waals surface area contributed by atoms with E-state index >= 15 is 0 Å². The number of pyridine rings is 1. The molecule has 150 valence electrons. The zero-order chi connectivity index (χ0) is 19.9. The Labute approximate surface area is 164 Å². The molecule has 2 aromatic heterocycles. The van der Waals surface area contributed by atoms with Gasteiger partial charge in [0.1, 0.15) is 17.9 Å². The smallest absolute Gasteiger partial charge is 0.221 e. The number of anilines is 1. The Hall–Kier alpha value is -2.71. The van der Waals surface area contributed by atoms with Crippen LogP contribution < -0.4 is 16.8 Å². The lowest BCUT2D eigenvalue weighted by atomic mass is 10.2. The van der Waals surface area contributed by atoms with Gasteiger partial charge in [-0.2, -0.15) is 0 Å². The SMILES string of the molecule is CCOCc1nc2c(N)nc3ccccc3c2n1CCCCNC(=O)CCN. The van der Waals surface area contributed by atoms with Crippen LogP contribution in [-0.4, -0.2) is 40.1 Å². The quantitative estimate of drug-likeness (QED) is 0.459. The predicted molar refractivity (Wildman–Crippen MR) is 111 cm³/mol. The first-order valence-electron chi connectivity index (χ1n) is 9.73. The van der Waals surface area contributed by atoms with Gasteiger partial charge in [0.2, 0.25) is 5.91 Å². The average molecular weight is 384 g/mol. The zero-order valence-electron chi connectivity index (χ0n) is 16.3. The van der Waals surface area contributed by atoms with E-state index in [1.54, 1.807) is 0 Å². The number of fused-ring (bicyclic) bond motifs is 3. The number of carbonyl (C=O) groups is 1. The minimum Gasteiger partial charge on any atom is -0.382 e. The molecule has 0 saturated carbocycles. The second-order valence-electron chi connectivity index (χ2n) is 6.62. The van der Waals surface area contributed by atoms with Crippen LogP contribution in [0, 0.1) is 0 Å². The maximum atomic E-state index is 11.5. The van der Waals surface area contributed by atoms with Crippen molar-refractivity contribution in [3.05, 3.63) is 30.1 Å². The summed E-state index contributed by atoms with van der Waals surface area (Å²) in [6, 6.07) is 7.94. The number of carbonyl (C=O) groups excluding carboxylic acids is 1. The fourth-order valence-electron chi connectivity index (χ4n) is 3.29. The molecule has 1 aromatic carbocycles. The van der Waals surface area contributed by atoms with Gasteiger partial charge in [0.25, 0.3) is 0 Å². The molecule has 8 heteroatoms. The van der Waals surface area contributed by atoms with E-state index in [9.17, 15) is 4.79 Å². The molecule has 0 aliphatic rings. The van der Waals surface area contributed by atoms with Gasteiger partial charge in [-0.25, -0.2) is 9.97 Å². The topological polar surface area (TPSA) is 121 Å². The number of para-hydroxylation sites is 1. The zero-order valence-corrected chi connectivity index (χ0v) is 16.3. The molecule has 0 fully saturated rings. The number of nitrogens with two attached hydrogens (primary N) is 2. The molecule has 0 bridgehead atoms. The highest BCUT2D eigenvalue weighted by Gasteiger charge is 2.17.